The van der Waals surface area contributed by atoms with Crippen molar-refractivity contribution in [1.82, 2.24) is 5.32 Å². The Morgan fingerprint density at radius 3 is 2.71 bits per heavy atom. The van der Waals surface area contributed by atoms with Crippen molar-refractivity contribution >= 4 is 5.91 Å². The Kier molecular flexibility index (Phi) is 8.28. The number of carbonyl (C=O) groups is 1. The van der Waals surface area contributed by atoms with E-state index >= 15 is 0 Å². The molecular weight excluding hydrogens is 358 g/mol. The molecule has 1 fully saturated rings. The molecule has 4 N–H and O–H groups in total. The lowest BCUT2D eigenvalue weighted by molar-refractivity contribution is -0.155. The van der Waals surface area contributed by atoms with Gasteiger partial charge in [0.05, 0.1) is 6.61 Å². The fraction of sp³-hybridized carbons (Fsp3) is 0.682. The van der Waals surface area contributed by atoms with Crippen LogP contribution < -0.4 is 10.1 Å². The highest BCUT2D eigenvalue weighted by Gasteiger charge is 2.48. The normalized spacial score (nSPS) is 26.1. The molecule has 1 saturated carbocycles. The van der Waals surface area contributed by atoms with Gasteiger partial charge in [-0.3, -0.25) is 4.79 Å². The molecule has 158 valence electrons. The monoisotopic (exact) mass is 393 g/mol. The van der Waals surface area contributed by atoms with Gasteiger partial charge in [0.1, 0.15) is 24.1 Å². The molecule has 0 saturated heterocycles. The molecule has 0 bridgehead atoms. The van der Waals surface area contributed by atoms with E-state index in [0.29, 0.717) is 31.1 Å². The minimum atomic E-state index is -1.31. The first-order valence-corrected chi connectivity index (χ1v) is 10.3. The summed E-state index contributed by atoms with van der Waals surface area (Å²) in [6.45, 7) is 6.26. The Bertz CT molecular complexity index is 635. The molecule has 6 nitrogen and oxygen atoms in total. The second-order valence-electron chi connectivity index (χ2n) is 8.42. The van der Waals surface area contributed by atoms with Crippen LogP contribution in [0.1, 0.15) is 45.6 Å². The van der Waals surface area contributed by atoms with E-state index in [1.54, 1.807) is 6.07 Å². The van der Waals surface area contributed by atoms with Crippen LogP contribution in [0, 0.1) is 17.8 Å². The molecule has 28 heavy (non-hydrogen) atoms. The molecule has 1 aliphatic carbocycles. The summed E-state index contributed by atoms with van der Waals surface area (Å²) in [5.41, 5.74) is -0.412. The van der Waals surface area contributed by atoms with Gasteiger partial charge in [-0.25, -0.2) is 0 Å². The fourth-order valence-corrected chi connectivity index (χ4v) is 4.19. The molecule has 0 aliphatic heterocycles. The van der Waals surface area contributed by atoms with E-state index in [1.165, 1.54) is 0 Å². The van der Waals surface area contributed by atoms with Gasteiger partial charge in [0.2, 0.25) is 0 Å². The van der Waals surface area contributed by atoms with E-state index in [9.17, 15) is 15.0 Å². The number of rotatable bonds is 9. The average molecular weight is 394 g/mol. The molecule has 1 aromatic carbocycles. The minimum absolute atomic E-state index is 0.00752. The van der Waals surface area contributed by atoms with Crippen molar-refractivity contribution in [1.29, 1.82) is 0 Å². The lowest BCUT2D eigenvalue weighted by Gasteiger charge is -2.43. The van der Waals surface area contributed by atoms with Crippen LogP contribution in [-0.2, 0) is 11.2 Å². The number of carbonyl (C=O) groups excluding carboxylic acids is 1. The van der Waals surface area contributed by atoms with Crippen LogP contribution in [0.25, 0.3) is 0 Å². The van der Waals surface area contributed by atoms with Crippen molar-refractivity contribution in [2.24, 2.45) is 17.8 Å². The first-order valence-electron chi connectivity index (χ1n) is 10.3. The van der Waals surface area contributed by atoms with E-state index in [-0.39, 0.29) is 31.0 Å². The standard InChI is InChI=1S/C22H35NO5/c1-15(2)19-9-8-16(3)12-22(19,27)21(26)23-11-10-17-6-4-5-7-20(17)28-14-18(25)13-24/h4-7,15-16,18-19,24-25,27H,8-14H2,1-3H3,(H,23,26)/t16?,18?,19?,22-/m1/s1. The van der Waals surface area contributed by atoms with Gasteiger partial charge in [-0.15, -0.1) is 0 Å². The Hall–Kier alpha value is -1.63. The third-order valence-corrected chi connectivity index (χ3v) is 5.74. The van der Waals surface area contributed by atoms with Gasteiger partial charge in [0.25, 0.3) is 5.91 Å². The molecule has 0 heterocycles. The van der Waals surface area contributed by atoms with Crippen molar-refractivity contribution in [3.63, 3.8) is 0 Å². The third kappa shape index (κ3) is 5.69. The molecule has 6 heteroatoms. The van der Waals surface area contributed by atoms with E-state index < -0.39 is 11.7 Å². The molecule has 2 rings (SSSR count). The molecule has 1 amide bonds. The van der Waals surface area contributed by atoms with Crippen LogP contribution in [-0.4, -0.2) is 52.7 Å². The highest BCUT2D eigenvalue weighted by atomic mass is 16.5. The number of nitrogens with one attached hydrogen (secondary N) is 1. The number of hydrogen-bond acceptors (Lipinski definition) is 5. The molecule has 0 radical (unpaired) electrons. The van der Waals surface area contributed by atoms with E-state index in [1.807, 2.05) is 18.2 Å². The molecule has 1 aromatic rings. The Labute approximate surface area is 167 Å². The summed E-state index contributed by atoms with van der Waals surface area (Å²) in [4.78, 5) is 12.9. The topological polar surface area (TPSA) is 99.0 Å². The summed E-state index contributed by atoms with van der Waals surface area (Å²) in [6.07, 6.45) is 2.04. The first-order chi connectivity index (χ1) is 13.3. The van der Waals surface area contributed by atoms with Gasteiger partial charge in [-0.05, 0) is 48.6 Å². The average Bonchev–Trinajstić information content (AvgIpc) is 2.66. The maximum Gasteiger partial charge on any atom is 0.252 e. The third-order valence-electron chi connectivity index (χ3n) is 5.74. The quantitative estimate of drug-likeness (QED) is 0.514. The number of amides is 1. The SMILES string of the molecule is CC1CCC(C(C)C)[C@@](O)(C(=O)NCCc2ccccc2OCC(O)CO)C1. The van der Waals surface area contributed by atoms with Crippen LogP contribution in [0.15, 0.2) is 24.3 Å². The number of benzene rings is 1. The van der Waals surface area contributed by atoms with E-state index in [0.717, 1.165) is 18.4 Å². The van der Waals surface area contributed by atoms with Crippen LogP contribution in [0.2, 0.25) is 0 Å². The van der Waals surface area contributed by atoms with Crippen molar-refractivity contribution in [3.8, 4) is 5.75 Å². The van der Waals surface area contributed by atoms with Gasteiger partial charge >= 0.3 is 0 Å². The van der Waals surface area contributed by atoms with Crippen LogP contribution in [0.5, 0.6) is 5.75 Å². The largest absolute Gasteiger partial charge is 0.491 e. The molecule has 4 atom stereocenters. The molecular formula is C22H35NO5. The van der Waals surface area contributed by atoms with Gasteiger partial charge in [0.15, 0.2) is 0 Å². The summed E-state index contributed by atoms with van der Waals surface area (Å²) in [7, 11) is 0. The number of para-hydroxylation sites is 1. The van der Waals surface area contributed by atoms with Crippen LogP contribution >= 0.6 is 0 Å². The number of aliphatic hydroxyl groups is 3. The van der Waals surface area contributed by atoms with Crippen LogP contribution in [0.3, 0.4) is 0 Å². The Balaban J connectivity index is 1.96. The zero-order valence-electron chi connectivity index (χ0n) is 17.2. The Morgan fingerprint density at radius 1 is 1.32 bits per heavy atom. The van der Waals surface area contributed by atoms with Crippen LogP contribution in [0.4, 0.5) is 0 Å². The molecule has 0 aromatic heterocycles. The summed E-state index contributed by atoms with van der Waals surface area (Å²) in [5, 5.41) is 32.5. The maximum absolute atomic E-state index is 12.9. The number of aliphatic hydroxyl groups excluding tert-OH is 2. The molecule has 3 unspecified atom stereocenters. The first kappa shape index (κ1) is 22.7. The highest BCUT2D eigenvalue weighted by molar-refractivity contribution is 5.85. The van der Waals surface area contributed by atoms with Gasteiger partial charge in [0, 0.05) is 6.54 Å². The summed E-state index contributed by atoms with van der Waals surface area (Å²) < 4.78 is 5.57. The second kappa shape index (κ2) is 10.2. The van der Waals surface area contributed by atoms with Crippen molar-refractivity contribution in [3.05, 3.63) is 29.8 Å². The van der Waals surface area contributed by atoms with Gasteiger partial charge in [-0.1, -0.05) is 45.4 Å². The number of hydrogen-bond donors (Lipinski definition) is 4. The Morgan fingerprint density at radius 2 is 2.04 bits per heavy atom. The summed E-state index contributed by atoms with van der Waals surface area (Å²) in [5.74, 6) is 0.883. The highest BCUT2D eigenvalue weighted by Crippen LogP contribution is 2.41. The fourth-order valence-electron chi connectivity index (χ4n) is 4.19. The van der Waals surface area contributed by atoms with Crippen molar-refractivity contribution in [2.75, 3.05) is 19.8 Å². The number of ether oxygens (including phenoxy) is 1. The van der Waals surface area contributed by atoms with E-state index in [4.69, 9.17) is 9.84 Å². The van der Waals surface area contributed by atoms with Crippen molar-refractivity contribution < 1.29 is 24.9 Å². The summed E-state index contributed by atoms with van der Waals surface area (Å²) >= 11 is 0. The van der Waals surface area contributed by atoms with Gasteiger partial charge < -0.3 is 25.4 Å². The maximum atomic E-state index is 12.9. The van der Waals surface area contributed by atoms with E-state index in [2.05, 4.69) is 26.1 Å². The predicted molar refractivity (Wildman–Crippen MR) is 108 cm³/mol. The lowest BCUT2D eigenvalue weighted by Crippen LogP contribution is -2.56. The predicted octanol–water partition coefficient (Wildman–Crippen LogP) is 1.90. The smallest absolute Gasteiger partial charge is 0.252 e. The van der Waals surface area contributed by atoms with Gasteiger partial charge in [-0.2, -0.15) is 0 Å². The zero-order chi connectivity index (χ0) is 20.7. The second-order valence-corrected chi connectivity index (χ2v) is 8.42. The minimum Gasteiger partial charge on any atom is -0.491 e. The molecule has 1 aliphatic rings. The summed E-state index contributed by atoms with van der Waals surface area (Å²) in [6, 6.07) is 7.42. The zero-order valence-corrected chi connectivity index (χ0v) is 17.2. The lowest BCUT2D eigenvalue weighted by atomic mass is 9.66. The molecule has 0 spiro atoms. The van der Waals surface area contributed by atoms with Crippen molar-refractivity contribution in [2.45, 2.75) is 58.2 Å².